The largest absolute Gasteiger partial charge is 0.374 e. The quantitative estimate of drug-likeness (QED) is 0.842. The Labute approximate surface area is 100 Å². The molecule has 0 radical (unpaired) electrons. The zero-order chi connectivity index (χ0) is 11.5. The molecule has 2 heterocycles. The maximum atomic E-state index is 5.57. The lowest BCUT2D eigenvalue weighted by atomic mass is 10.2. The summed E-state index contributed by atoms with van der Waals surface area (Å²) >= 11 is 1.49. The molecule has 2 N–H and O–H groups in total. The van der Waals surface area contributed by atoms with Crippen molar-refractivity contribution in [2.45, 2.75) is 26.4 Å². The molecular formula is C10H19N5S. The maximum Gasteiger partial charge on any atom is 0.203 e. The Kier molecular flexibility index (Phi) is 3.73. The van der Waals surface area contributed by atoms with Gasteiger partial charge in [-0.3, -0.25) is 9.80 Å². The molecule has 0 spiro atoms. The third-order valence-corrected chi connectivity index (χ3v) is 3.83. The molecule has 2 rings (SSSR count). The molecular weight excluding hydrogens is 222 g/mol. The Morgan fingerprint density at radius 2 is 2.25 bits per heavy atom. The number of nitrogens with two attached hydrogens (primary N) is 1. The Morgan fingerprint density at radius 1 is 1.44 bits per heavy atom. The standard InChI is InChI=1S/C10H19N5S/c1-3-15-5-4-14(6-8(15)2)7-9-12-13-10(11)16-9/h8H,3-7H2,1-2H3,(H2,11,13). The van der Waals surface area contributed by atoms with Gasteiger partial charge in [0.15, 0.2) is 0 Å². The van der Waals surface area contributed by atoms with Crippen molar-refractivity contribution in [3.8, 4) is 0 Å². The van der Waals surface area contributed by atoms with Gasteiger partial charge >= 0.3 is 0 Å². The molecule has 16 heavy (non-hydrogen) atoms. The zero-order valence-corrected chi connectivity index (χ0v) is 10.7. The first-order valence-corrected chi connectivity index (χ1v) is 6.55. The molecule has 1 aliphatic heterocycles. The fourth-order valence-corrected chi connectivity index (χ4v) is 2.86. The summed E-state index contributed by atoms with van der Waals surface area (Å²) in [6, 6.07) is 0.629. The Bertz CT molecular complexity index is 340. The highest BCUT2D eigenvalue weighted by atomic mass is 32.1. The van der Waals surface area contributed by atoms with E-state index in [1.807, 2.05) is 0 Å². The van der Waals surface area contributed by atoms with Crippen LogP contribution >= 0.6 is 11.3 Å². The molecule has 1 aromatic rings. The molecule has 5 nitrogen and oxygen atoms in total. The third kappa shape index (κ3) is 2.69. The Hall–Kier alpha value is -0.720. The Morgan fingerprint density at radius 3 is 2.81 bits per heavy atom. The number of piperazine rings is 1. The highest BCUT2D eigenvalue weighted by Crippen LogP contribution is 2.16. The minimum atomic E-state index is 0.565. The second kappa shape index (κ2) is 5.07. The van der Waals surface area contributed by atoms with Crippen molar-refractivity contribution in [3.05, 3.63) is 5.01 Å². The Balaban J connectivity index is 1.88. The molecule has 1 aliphatic rings. The second-order valence-electron chi connectivity index (χ2n) is 4.25. The number of aromatic nitrogens is 2. The van der Waals surface area contributed by atoms with Crippen molar-refractivity contribution < 1.29 is 0 Å². The average Bonchev–Trinajstić information content (AvgIpc) is 2.64. The molecule has 1 saturated heterocycles. The van der Waals surface area contributed by atoms with Crippen molar-refractivity contribution >= 4 is 16.5 Å². The van der Waals surface area contributed by atoms with Crippen molar-refractivity contribution in [3.63, 3.8) is 0 Å². The van der Waals surface area contributed by atoms with E-state index in [9.17, 15) is 0 Å². The summed E-state index contributed by atoms with van der Waals surface area (Å²) in [4.78, 5) is 4.93. The molecule has 1 atom stereocenters. The van der Waals surface area contributed by atoms with Crippen LogP contribution in [0.4, 0.5) is 5.13 Å². The fourth-order valence-electron chi connectivity index (χ4n) is 2.21. The smallest absolute Gasteiger partial charge is 0.203 e. The highest BCUT2D eigenvalue weighted by Gasteiger charge is 2.22. The third-order valence-electron chi connectivity index (χ3n) is 3.10. The van der Waals surface area contributed by atoms with Crippen LogP contribution in [0.5, 0.6) is 0 Å². The van der Waals surface area contributed by atoms with E-state index < -0.39 is 0 Å². The minimum absolute atomic E-state index is 0.565. The summed E-state index contributed by atoms with van der Waals surface area (Å²) in [6.45, 7) is 9.89. The van der Waals surface area contributed by atoms with Crippen LogP contribution in [0.15, 0.2) is 0 Å². The predicted octanol–water partition coefficient (Wildman–Crippen LogP) is 0.646. The highest BCUT2D eigenvalue weighted by molar-refractivity contribution is 7.15. The molecule has 0 bridgehead atoms. The molecule has 0 amide bonds. The van der Waals surface area contributed by atoms with Gasteiger partial charge in [-0.15, -0.1) is 10.2 Å². The summed E-state index contributed by atoms with van der Waals surface area (Å²) in [5.74, 6) is 0. The average molecular weight is 241 g/mol. The first-order valence-electron chi connectivity index (χ1n) is 5.73. The monoisotopic (exact) mass is 241 g/mol. The van der Waals surface area contributed by atoms with Crippen molar-refractivity contribution in [1.82, 2.24) is 20.0 Å². The van der Waals surface area contributed by atoms with Crippen LogP contribution in [0.3, 0.4) is 0 Å². The second-order valence-corrected chi connectivity index (χ2v) is 5.34. The minimum Gasteiger partial charge on any atom is -0.374 e. The summed E-state index contributed by atoms with van der Waals surface area (Å²) in [7, 11) is 0. The van der Waals surface area contributed by atoms with Crippen LogP contribution in [0, 0.1) is 0 Å². The number of hydrogen-bond donors (Lipinski definition) is 1. The number of likely N-dealkylation sites (N-methyl/N-ethyl adjacent to an activating group) is 1. The van der Waals surface area contributed by atoms with Gasteiger partial charge in [0, 0.05) is 25.7 Å². The van der Waals surface area contributed by atoms with Gasteiger partial charge in [-0.2, -0.15) is 0 Å². The first kappa shape index (κ1) is 11.8. The van der Waals surface area contributed by atoms with Gasteiger partial charge < -0.3 is 5.73 Å². The summed E-state index contributed by atoms with van der Waals surface area (Å²) in [5.41, 5.74) is 5.57. The number of rotatable bonds is 3. The zero-order valence-electron chi connectivity index (χ0n) is 9.89. The number of hydrogen-bond acceptors (Lipinski definition) is 6. The van der Waals surface area contributed by atoms with Crippen LogP contribution in [0.25, 0.3) is 0 Å². The van der Waals surface area contributed by atoms with Crippen LogP contribution < -0.4 is 5.73 Å². The fraction of sp³-hybridized carbons (Fsp3) is 0.800. The molecule has 1 aromatic heterocycles. The van der Waals surface area contributed by atoms with Gasteiger partial charge in [-0.05, 0) is 13.5 Å². The van der Waals surface area contributed by atoms with Crippen LogP contribution in [-0.2, 0) is 6.54 Å². The normalized spacial score (nSPS) is 23.8. The number of nitrogen functional groups attached to an aromatic ring is 1. The molecule has 0 aromatic carbocycles. The van der Waals surface area contributed by atoms with E-state index >= 15 is 0 Å². The van der Waals surface area contributed by atoms with Gasteiger partial charge in [0.1, 0.15) is 5.01 Å². The summed E-state index contributed by atoms with van der Waals surface area (Å²) < 4.78 is 0. The molecule has 90 valence electrons. The van der Waals surface area contributed by atoms with E-state index in [0.29, 0.717) is 11.2 Å². The lowest BCUT2D eigenvalue weighted by Gasteiger charge is -2.38. The van der Waals surface area contributed by atoms with E-state index in [0.717, 1.165) is 37.7 Å². The molecule has 0 aliphatic carbocycles. The van der Waals surface area contributed by atoms with Gasteiger partial charge in [0.05, 0.1) is 6.54 Å². The van der Waals surface area contributed by atoms with Gasteiger partial charge in [-0.1, -0.05) is 18.3 Å². The van der Waals surface area contributed by atoms with Gasteiger partial charge in [-0.25, -0.2) is 0 Å². The lowest BCUT2D eigenvalue weighted by molar-refractivity contribution is 0.0833. The topological polar surface area (TPSA) is 58.3 Å². The van der Waals surface area contributed by atoms with E-state index in [4.69, 9.17) is 5.73 Å². The molecule has 0 saturated carbocycles. The van der Waals surface area contributed by atoms with E-state index in [-0.39, 0.29) is 0 Å². The van der Waals surface area contributed by atoms with E-state index in [1.165, 1.54) is 11.3 Å². The van der Waals surface area contributed by atoms with Crippen molar-refractivity contribution in [2.24, 2.45) is 0 Å². The molecule has 6 heteroatoms. The number of nitrogens with zero attached hydrogens (tertiary/aromatic N) is 4. The van der Waals surface area contributed by atoms with Gasteiger partial charge in [0.25, 0.3) is 0 Å². The predicted molar refractivity (Wildman–Crippen MR) is 66.3 cm³/mol. The van der Waals surface area contributed by atoms with Gasteiger partial charge in [0.2, 0.25) is 5.13 Å². The SMILES string of the molecule is CCN1CCN(Cc2nnc(N)s2)CC1C. The van der Waals surface area contributed by atoms with Crippen molar-refractivity contribution in [1.29, 1.82) is 0 Å². The number of anilines is 1. The lowest BCUT2D eigenvalue weighted by Crippen LogP contribution is -2.51. The summed E-state index contributed by atoms with van der Waals surface area (Å²) in [6.07, 6.45) is 0. The van der Waals surface area contributed by atoms with Crippen molar-refractivity contribution in [2.75, 3.05) is 31.9 Å². The molecule has 1 fully saturated rings. The van der Waals surface area contributed by atoms with E-state index in [2.05, 4.69) is 33.8 Å². The van der Waals surface area contributed by atoms with Crippen LogP contribution in [-0.4, -0.2) is 52.2 Å². The first-order chi connectivity index (χ1) is 7.69. The van der Waals surface area contributed by atoms with Crippen LogP contribution in [0.2, 0.25) is 0 Å². The van der Waals surface area contributed by atoms with E-state index in [1.54, 1.807) is 0 Å². The molecule has 1 unspecified atom stereocenters. The maximum absolute atomic E-state index is 5.57. The van der Waals surface area contributed by atoms with Crippen LogP contribution in [0.1, 0.15) is 18.9 Å². The summed E-state index contributed by atoms with van der Waals surface area (Å²) in [5, 5.41) is 9.49.